The van der Waals surface area contributed by atoms with Crippen molar-refractivity contribution in [2.75, 3.05) is 0 Å². The van der Waals surface area contributed by atoms with Crippen molar-refractivity contribution >= 4 is 0 Å². The second-order valence-electron chi connectivity index (χ2n) is 1.99. The van der Waals surface area contributed by atoms with Crippen molar-refractivity contribution in [3.8, 4) is 0 Å². The third kappa shape index (κ3) is 1.69. The molecule has 0 saturated heterocycles. The molecule has 1 heterocycles. The molecule has 1 aliphatic heterocycles. The highest BCUT2D eigenvalue weighted by Gasteiger charge is 2.14. The van der Waals surface area contributed by atoms with E-state index < -0.39 is 6.29 Å². The molecular weight excluding hydrogens is 120 g/mol. The van der Waals surface area contributed by atoms with Gasteiger partial charge in [-0.1, -0.05) is 0 Å². The first-order valence-electron chi connectivity index (χ1n) is 2.87. The molecule has 1 aliphatic rings. The summed E-state index contributed by atoms with van der Waals surface area (Å²) in [5.74, 6) is 0.709. The molecule has 2 unspecified atom stereocenters. The van der Waals surface area contributed by atoms with Gasteiger partial charge in [-0.15, -0.1) is 0 Å². The van der Waals surface area contributed by atoms with Gasteiger partial charge in [0.15, 0.2) is 12.6 Å². The number of aliphatic hydroxyl groups excluding tert-OH is 1. The molecule has 0 bridgehead atoms. The quantitative estimate of drug-likeness (QED) is 0.522. The highest BCUT2D eigenvalue weighted by atomic mass is 16.7. The Kier molecular flexibility index (Phi) is 1.73. The second-order valence-corrected chi connectivity index (χ2v) is 1.99. The van der Waals surface area contributed by atoms with Crippen LogP contribution in [0, 0.1) is 0 Å². The molecule has 0 fully saturated rings. The average molecular weight is 130 g/mol. The lowest BCUT2D eigenvalue weighted by Crippen LogP contribution is -2.24. The molecule has 0 aromatic rings. The summed E-state index contributed by atoms with van der Waals surface area (Å²) in [6.07, 6.45) is 0.388. The van der Waals surface area contributed by atoms with Crippen molar-refractivity contribution in [2.24, 2.45) is 0 Å². The molecule has 52 valence electrons. The van der Waals surface area contributed by atoms with Crippen molar-refractivity contribution in [2.45, 2.75) is 26.4 Å². The Morgan fingerprint density at radius 3 is 2.78 bits per heavy atom. The number of ether oxygens (including phenoxy) is 2. The van der Waals surface area contributed by atoms with E-state index in [2.05, 4.69) is 0 Å². The number of rotatable bonds is 0. The van der Waals surface area contributed by atoms with E-state index in [9.17, 15) is 0 Å². The Hall–Kier alpha value is -0.540. The summed E-state index contributed by atoms with van der Waals surface area (Å²) in [7, 11) is 0. The summed E-state index contributed by atoms with van der Waals surface area (Å²) in [6, 6.07) is 0. The van der Waals surface area contributed by atoms with Crippen LogP contribution >= 0.6 is 0 Å². The number of hydrogen-bond donors (Lipinski definition) is 1. The molecule has 0 aliphatic carbocycles. The fourth-order valence-electron chi connectivity index (χ4n) is 0.765. The minimum absolute atomic E-state index is 0.329. The minimum atomic E-state index is -0.797. The normalized spacial score (nSPS) is 35.2. The summed E-state index contributed by atoms with van der Waals surface area (Å²) in [5, 5.41) is 8.87. The molecule has 0 amide bonds. The van der Waals surface area contributed by atoms with Gasteiger partial charge in [0.1, 0.15) is 0 Å². The van der Waals surface area contributed by atoms with Gasteiger partial charge in [-0.2, -0.15) is 0 Å². The molecule has 1 rings (SSSR count). The fourth-order valence-corrected chi connectivity index (χ4v) is 0.765. The van der Waals surface area contributed by atoms with Gasteiger partial charge in [0.25, 0.3) is 0 Å². The van der Waals surface area contributed by atoms with Crippen molar-refractivity contribution in [1.29, 1.82) is 0 Å². The lowest BCUT2D eigenvalue weighted by Gasteiger charge is -2.23. The first-order chi connectivity index (χ1) is 4.18. The maximum absolute atomic E-state index is 8.87. The summed E-state index contributed by atoms with van der Waals surface area (Å²) >= 11 is 0. The summed E-state index contributed by atoms with van der Waals surface area (Å²) in [5.41, 5.74) is 0. The molecule has 3 heteroatoms. The number of aliphatic hydroxyl groups is 1. The largest absolute Gasteiger partial charge is 0.470 e. The molecular formula is C6H10O3. The van der Waals surface area contributed by atoms with Crippen LogP contribution in [0.15, 0.2) is 11.8 Å². The van der Waals surface area contributed by atoms with Crippen molar-refractivity contribution in [3.05, 3.63) is 11.8 Å². The first kappa shape index (κ1) is 6.58. The minimum Gasteiger partial charge on any atom is -0.470 e. The summed E-state index contributed by atoms with van der Waals surface area (Å²) in [6.45, 7) is 3.52. The molecule has 0 radical (unpaired) electrons. The van der Waals surface area contributed by atoms with Gasteiger partial charge in [0.2, 0.25) is 0 Å². The first-order valence-corrected chi connectivity index (χ1v) is 2.87. The molecule has 0 spiro atoms. The molecule has 9 heavy (non-hydrogen) atoms. The van der Waals surface area contributed by atoms with Gasteiger partial charge in [-0.3, -0.25) is 0 Å². The third-order valence-corrected chi connectivity index (χ3v) is 1.06. The van der Waals surface area contributed by atoms with Crippen LogP contribution in [0.1, 0.15) is 13.8 Å². The second kappa shape index (κ2) is 2.37. The Bertz CT molecular complexity index is 130. The van der Waals surface area contributed by atoms with Crippen LogP contribution in [-0.4, -0.2) is 17.7 Å². The van der Waals surface area contributed by atoms with Gasteiger partial charge in [0, 0.05) is 6.08 Å². The summed E-state index contributed by atoms with van der Waals surface area (Å²) in [4.78, 5) is 0. The highest BCUT2D eigenvalue weighted by Crippen LogP contribution is 2.12. The zero-order valence-electron chi connectivity index (χ0n) is 5.50. The standard InChI is InChI=1S/C6H10O3/c1-4-3-6(7)9-5(2)8-4/h3,5-7H,1-2H3. The zero-order valence-corrected chi connectivity index (χ0v) is 5.50. The topological polar surface area (TPSA) is 38.7 Å². The SMILES string of the molecule is CC1=CC(O)OC(C)O1. The molecule has 0 saturated carbocycles. The Morgan fingerprint density at radius 2 is 2.33 bits per heavy atom. The van der Waals surface area contributed by atoms with Crippen LogP contribution in [0.3, 0.4) is 0 Å². The van der Waals surface area contributed by atoms with Crippen LogP contribution in [0.25, 0.3) is 0 Å². The Labute approximate surface area is 53.9 Å². The van der Waals surface area contributed by atoms with Crippen LogP contribution in [0.2, 0.25) is 0 Å². The third-order valence-electron chi connectivity index (χ3n) is 1.06. The summed E-state index contributed by atoms with van der Waals surface area (Å²) < 4.78 is 9.85. The molecule has 0 aromatic heterocycles. The maximum atomic E-state index is 8.87. The van der Waals surface area contributed by atoms with E-state index in [-0.39, 0.29) is 6.29 Å². The van der Waals surface area contributed by atoms with E-state index in [0.717, 1.165) is 0 Å². The molecule has 1 N–H and O–H groups in total. The van der Waals surface area contributed by atoms with Crippen LogP contribution in [-0.2, 0) is 9.47 Å². The van der Waals surface area contributed by atoms with Gasteiger partial charge >= 0.3 is 0 Å². The number of allylic oxidation sites excluding steroid dienone is 1. The van der Waals surface area contributed by atoms with Gasteiger partial charge in [0.05, 0.1) is 5.76 Å². The van der Waals surface area contributed by atoms with Gasteiger partial charge < -0.3 is 14.6 Å². The fraction of sp³-hybridized carbons (Fsp3) is 0.667. The van der Waals surface area contributed by atoms with E-state index >= 15 is 0 Å². The molecule has 2 atom stereocenters. The van der Waals surface area contributed by atoms with E-state index in [1.54, 1.807) is 13.8 Å². The van der Waals surface area contributed by atoms with Crippen LogP contribution in [0.4, 0.5) is 0 Å². The zero-order chi connectivity index (χ0) is 6.85. The Morgan fingerprint density at radius 1 is 1.67 bits per heavy atom. The molecule has 0 aromatic carbocycles. The van der Waals surface area contributed by atoms with Crippen LogP contribution in [0.5, 0.6) is 0 Å². The highest BCUT2D eigenvalue weighted by molar-refractivity contribution is 4.93. The van der Waals surface area contributed by atoms with Crippen LogP contribution < -0.4 is 0 Å². The van der Waals surface area contributed by atoms with E-state index in [1.807, 2.05) is 0 Å². The average Bonchev–Trinajstić information content (AvgIpc) is 1.59. The van der Waals surface area contributed by atoms with E-state index in [0.29, 0.717) is 5.76 Å². The van der Waals surface area contributed by atoms with E-state index in [1.165, 1.54) is 6.08 Å². The molecule has 3 nitrogen and oxygen atoms in total. The van der Waals surface area contributed by atoms with Gasteiger partial charge in [-0.05, 0) is 13.8 Å². The van der Waals surface area contributed by atoms with Gasteiger partial charge in [-0.25, -0.2) is 0 Å². The monoisotopic (exact) mass is 130 g/mol. The van der Waals surface area contributed by atoms with Crippen molar-refractivity contribution in [3.63, 3.8) is 0 Å². The number of hydrogen-bond acceptors (Lipinski definition) is 3. The van der Waals surface area contributed by atoms with Crippen molar-refractivity contribution in [1.82, 2.24) is 0 Å². The Balaban J connectivity index is 2.56. The maximum Gasteiger partial charge on any atom is 0.199 e. The van der Waals surface area contributed by atoms with E-state index in [4.69, 9.17) is 14.6 Å². The lowest BCUT2D eigenvalue weighted by atomic mass is 10.4. The smallest absolute Gasteiger partial charge is 0.199 e. The van der Waals surface area contributed by atoms with Crippen molar-refractivity contribution < 1.29 is 14.6 Å². The lowest BCUT2D eigenvalue weighted by molar-refractivity contribution is -0.204. The predicted molar refractivity (Wildman–Crippen MR) is 31.4 cm³/mol. The predicted octanol–water partition coefficient (Wildman–Crippen LogP) is 0.601.